The number of rotatable bonds is 8. The average Bonchev–Trinajstić information content (AvgIpc) is 3.25. The molecule has 0 unspecified atom stereocenters. The van der Waals surface area contributed by atoms with E-state index in [9.17, 15) is 0 Å². The number of methoxy groups -OCH3 is 4. The van der Waals surface area contributed by atoms with Crippen LogP contribution in [0.15, 0.2) is 54.2 Å². The molecule has 0 atom stereocenters. The van der Waals surface area contributed by atoms with Crippen LogP contribution in [-0.4, -0.2) is 49.0 Å². The van der Waals surface area contributed by atoms with E-state index in [1.807, 2.05) is 36.4 Å². The highest BCUT2D eigenvalue weighted by Crippen LogP contribution is 2.30. The third-order valence-corrected chi connectivity index (χ3v) is 4.18. The zero-order valence-corrected chi connectivity index (χ0v) is 16.2. The largest absolute Gasteiger partial charge is 0.493 e. The van der Waals surface area contributed by atoms with Crippen LogP contribution in [0.25, 0.3) is 0 Å². The molecule has 0 bridgehead atoms. The fourth-order valence-electron chi connectivity index (χ4n) is 2.78. The Balaban J connectivity index is 2.02. The molecular formula is C20H22N4O4. The second kappa shape index (κ2) is 8.90. The molecule has 3 aromatic rings. The standard InChI is InChI=1S/C20H22N4O4/c1-25-17-7-5-14(10-19(17)27-3)9-16(23-24-12-21-22-13-24)15-6-8-18(26-2)20(11-15)28-4/h5-8,10-13H,9H2,1-4H3/b23-16+. The summed E-state index contributed by atoms with van der Waals surface area (Å²) in [5.41, 5.74) is 2.70. The molecule has 0 aliphatic rings. The minimum atomic E-state index is 0.550. The molecule has 0 amide bonds. The van der Waals surface area contributed by atoms with Crippen LogP contribution in [0.4, 0.5) is 0 Å². The molecular weight excluding hydrogens is 360 g/mol. The molecule has 0 N–H and O–H groups in total. The van der Waals surface area contributed by atoms with Gasteiger partial charge in [0.2, 0.25) is 0 Å². The molecule has 0 radical (unpaired) electrons. The summed E-state index contributed by atoms with van der Waals surface area (Å²) in [6.45, 7) is 0. The second-order valence-corrected chi connectivity index (χ2v) is 5.82. The quantitative estimate of drug-likeness (QED) is 0.558. The predicted octanol–water partition coefficient (Wildman–Crippen LogP) is 2.81. The maximum Gasteiger partial charge on any atom is 0.161 e. The van der Waals surface area contributed by atoms with Gasteiger partial charge >= 0.3 is 0 Å². The number of hydrogen-bond acceptors (Lipinski definition) is 7. The summed E-state index contributed by atoms with van der Waals surface area (Å²) in [6, 6.07) is 11.5. The van der Waals surface area contributed by atoms with E-state index in [-0.39, 0.29) is 0 Å². The van der Waals surface area contributed by atoms with Crippen LogP contribution in [0.2, 0.25) is 0 Å². The lowest BCUT2D eigenvalue weighted by molar-refractivity contribution is 0.354. The number of benzene rings is 2. The maximum atomic E-state index is 5.43. The smallest absolute Gasteiger partial charge is 0.161 e. The summed E-state index contributed by atoms with van der Waals surface area (Å²) in [5, 5.41) is 12.3. The third-order valence-electron chi connectivity index (χ3n) is 4.18. The van der Waals surface area contributed by atoms with Gasteiger partial charge in [0, 0.05) is 12.0 Å². The van der Waals surface area contributed by atoms with Crippen LogP contribution in [0, 0.1) is 0 Å². The summed E-state index contributed by atoms with van der Waals surface area (Å²) in [4.78, 5) is 0. The molecule has 1 heterocycles. The third kappa shape index (κ3) is 4.22. The van der Waals surface area contributed by atoms with Gasteiger partial charge in [0.25, 0.3) is 0 Å². The zero-order chi connectivity index (χ0) is 19.9. The topological polar surface area (TPSA) is 80.0 Å². The van der Waals surface area contributed by atoms with E-state index in [0.29, 0.717) is 29.4 Å². The molecule has 8 heteroatoms. The fraction of sp³-hybridized carbons (Fsp3) is 0.250. The molecule has 3 rings (SSSR count). The fourth-order valence-corrected chi connectivity index (χ4v) is 2.78. The molecule has 0 fully saturated rings. The summed E-state index contributed by atoms with van der Waals surface area (Å²) in [5.74, 6) is 2.62. The van der Waals surface area contributed by atoms with E-state index < -0.39 is 0 Å². The molecule has 0 saturated carbocycles. The molecule has 8 nitrogen and oxygen atoms in total. The second-order valence-electron chi connectivity index (χ2n) is 5.82. The summed E-state index contributed by atoms with van der Waals surface area (Å²) in [7, 11) is 6.43. The van der Waals surface area contributed by atoms with E-state index in [2.05, 4.69) is 15.3 Å². The summed E-state index contributed by atoms with van der Waals surface area (Å²) in [6.07, 6.45) is 3.62. The minimum Gasteiger partial charge on any atom is -0.493 e. The van der Waals surface area contributed by atoms with Gasteiger partial charge in [0.15, 0.2) is 23.0 Å². The van der Waals surface area contributed by atoms with Crippen LogP contribution in [0.5, 0.6) is 23.0 Å². The highest BCUT2D eigenvalue weighted by molar-refractivity contribution is 6.02. The molecule has 28 heavy (non-hydrogen) atoms. The van der Waals surface area contributed by atoms with Crippen LogP contribution in [0.3, 0.4) is 0 Å². The molecule has 0 spiro atoms. The molecule has 0 aliphatic heterocycles. The van der Waals surface area contributed by atoms with Gasteiger partial charge in [0.1, 0.15) is 12.7 Å². The highest BCUT2D eigenvalue weighted by Gasteiger charge is 2.13. The zero-order valence-electron chi connectivity index (χ0n) is 16.2. The highest BCUT2D eigenvalue weighted by atomic mass is 16.5. The number of ether oxygens (including phenoxy) is 4. The van der Waals surface area contributed by atoms with Crippen molar-refractivity contribution in [3.8, 4) is 23.0 Å². The molecule has 2 aromatic carbocycles. The van der Waals surface area contributed by atoms with E-state index in [0.717, 1.165) is 16.8 Å². The van der Waals surface area contributed by atoms with Crippen molar-refractivity contribution in [1.29, 1.82) is 0 Å². The SMILES string of the molecule is COc1ccc(C/C(=N\n2cnnc2)c2ccc(OC)c(OC)c2)cc1OC. The first-order chi connectivity index (χ1) is 13.7. The van der Waals surface area contributed by atoms with E-state index in [4.69, 9.17) is 18.9 Å². The van der Waals surface area contributed by atoms with Crippen LogP contribution in [-0.2, 0) is 6.42 Å². The first kappa shape index (κ1) is 19.2. The van der Waals surface area contributed by atoms with Crippen LogP contribution >= 0.6 is 0 Å². The van der Waals surface area contributed by atoms with Crippen molar-refractivity contribution in [2.45, 2.75) is 6.42 Å². The van der Waals surface area contributed by atoms with Gasteiger partial charge in [-0.05, 0) is 35.9 Å². The Morgan fingerprint density at radius 3 is 1.96 bits per heavy atom. The van der Waals surface area contributed by atoms with Crippen molar-refractivity contribution in [2.75, 3.05) is 28.4 Å². The van der Waals surface area contributed by atoms with Gasteiger partial charge in [-0.3, -0.25) is 0 Å². The van der Waals surface area contributed by atoms with Crippen molar-refractivity contribution in [1.82, 2.24) is 14.9 Å². The Morgan fingerprint density at radius 1 is 0.786 bits per heavy atom. The lowest BCUT2D eigenvalue weighted by Gasteiger charge is -2.13. The van der Waals surface area contributed by atoms with E-state index >= 15 is 0 Å². The number of aromatic nitrogens is 3. The molecule has 0 aliphatic carbocycles. The van der Waals surface area contributed by atoms with Gasteiger partial charge in [-0.15, -0.1) is 10.2 Å². The predicted molar refractivity (Wildman–Crippen MR) is 105 cm³/mol. The molecule has 0 saturated heterocycles. The minimum absolute atomic E-state index is 0.550. The van der Waals surface area contributed by atoms with E-state index in [1.165, 1.54) is 12.7 Å². The van der Waals surface area contributed by atoms with Crippen molar-refractivity contribution < 1.29 is 18.9 Å². The van der Waals surface area contributed by atoms with Gasteiger partial charge in [-0.25, -0.2) is 4.68 Å². The lowest BCUT2D eigenvalue weighted by atomic mass is 10.0. The monoisotopic (exact) mass is 382 g/mol. The normalized spacial score (nSPS) is 11.2. The average molecular weight is 382 g/mol. The van der Waals surface area contributed by atoms with Crippen molar-refractivity contribution >= 4 is 5.71 Å². The van der Waals surface area contributed by atoms with Gasteiger partial charge in [-0.1, -0.05) is 6.07 Å². The molecule has 146 valence electrons. The van der Waals surface area contributed by atoms with Crippen molar-refractivity contribution in [3.05, 3.63) is 60.2 Å². The Bertz CT molecular complexity index is 955. The van der Waals surface area contributed by atoms with Gasteiger partial charge in [0.05, 0.1) is 34.2 Å². The maximum absolute atomic E-state index is 5.43. The summed E-state index contributed by atoms with van der Waals surface area (Å²) >= 11 is 0. The number of nitrogens with zero attached hydrogens (tertiary/aromatic N) is 4. The van der Waals surface area contributed by atoms with Crippen molar-refractivity contribution in [2.24, 2.45) is 5.10 Å². The van der Waals surface area contributed by atoms with Crippen molar-refractivity contribution in [3.63, 3.8) is 0 Å². The van der Waals surface area contributed by atoms with Crippen LogP contribution < -0.4 is 18.9 Å². The van der Waals surface area contributed by atoms with Crippen LogP contribution in [0.1, 0.15) is 11.1 Å². The Labute approximate surface area is 163 Å². The lowest BCUT2D eigenvalue weighted by Crippen LogP contribution is -2.09. The first-order valence-electron chi connectivity index (χ1n) is 8.54. The first-order valence-corrected chi connectivity index (χ1v) is 8.54. The Hall–Kier alpha value is -3.55. The van der Waals surface area contributed by atoms with E-state index in [1.54, 1.807) is 33.1 Å². The molecule has 1 aromatic heterocycles. The Morgan fingerprint density at radius 2 is 1.36 bits per heavy atom. The number of hydrogen-bond donors (Lipinski definition) is 0. The van der Waals surface area contributed by atoms with Gasteiger partial charge < -0.3 is 18.9 Å². The Kier molecular flexibility index (Phi) is 6.11. The summed E-state index contributed by atoms with van der Waals surface area (Å²) < 4.78 is 23.0. The van der Waals surface area contributed by atoms with Gasteiger partial charge in [-0.2, -0.15) is 5.10 Å².